The molecule has 2 atom stereocenters. The predicted molar refractivity (Wildman–Crippen MR) is 71.9 cm³/mol. The number of hydrogen-bond acceptors (Lipinski definition) is 3. The van der Waals surface area contributed by atoms with Crippen LogP contribution in [0, 0.1) is 5.82 Å². The molecule has 2 fully saturated rings. The van der Waals surface area contributed by atoms with Gasteiger partial charge in [0.15, 0.2) is 5.11 Å². The molecule has 0 aliphatic carbocycles. The van der Waals surface area contributed by atoms with Crippen molar-refractivity contribution in [3.63, 3.8) is 0 Å². The van der Waals surface area contributed by atoms with Gasteiger partial charge in [0, 0.05) is 0 Å². The fourth-order valence-corrected chi connectivity index (χ4v) is 2.53. The molecule has 0 aromatic heterocycles. The second-order valence-corrected chi connectivity index (χ2v) is 4.95. The van der Waals surface area contributed by atoms with Crippen molar-refractivity contribution in [2.24, 2.45) is 0 Å². The van der Waals surface area contributed by atoms with Crippen molar-refractivity contribution in [3.8, 4) is 0 Å². The Morgan fingerprint density at radius 2 is 2.39 bits per heavy atom. The van der Waals surface area contributed by atoms with Crippen LogP contribution in [-0.4, -0.2) is 37.2 Å². The van der Waals surface area contributed by atoms with E-state index in [0.717, 1.165) is 5.56 Å². The lowest BCUT2D eigenvalue weighted by molar-refractivity contribution is 0.222. The molecular formula is C11H13BFN3OS. The number of epoxide rings is 1. The normalized spacial score (nSPS) is 30.4. The molecule has 18 heavy (non-hydrogen) atoms. The first kappa shape index (κ1) is 11.9. The molecule has 1 aromatic rings. The summed E-state index contributed by atoms with van der Waals surface area (Å²) in [5.41, 5.74) is 3.50. The summed E-state index contributed by atoms with van der Waals surface area (Å²) in [6.07, 6.45) is 0. The lowest BCUT2D eigenvalue weighted by Crippen LogP contribution is -2.41. The van der Waals surface area contributed by atoms with E-state index < -0.39 is 5.60 Å². The number of ether oxygens (including phenoxy) is 1. The highest BCUT2D eigenvalue weighted by Crippen LogP contribution is 2.45. The van der Waals surface area contributed by atoms with Crippen molar-refractivity contribution in [1.29, 1.82) is 0 Å². The minimum atomic E-state index is -0.467. The number of benzene rings is 1. The second kappa shape index (κ2) is 4.19. The Kier molecular flexibility index (Phi) is 2.76. The molecule has 0 amide bonds. The van der Waals surface area contributed by atoms with Crippen LogP contribution in [0.3, 0.4) is 0 Å². The number of thiocarbonyl (C=S) groups is 1. The SMILES string of the molecule is BC1OC1(CN1NCNC1=S)c1cccc(F)c1. The van der Waals surface area contributed by atoms with Crippen LogP contribution in [0.4, 0.5) is 4.39 Å². The summed E-state index contributed by atoms with van der Waals surface area (Å²) in [7, 11) is 1.98. The maximum absolute atomic E-state index is 13.3. The molecule has 0 saturated carbocycles. The van der Waals surface area contributed by atoms with Gasteiger partial charge in [0.1, 0.15) is 19.3 Å². The number of nitrogens with zero attached hydrogens (tertiary/aromatic N) is 1. The van der Waals surface area contributed by atoms with E-state index in [-0.39, 0.29) is 11.8 Å². The van der Waals surface area contributed by atoms with Crippen molar-refractivity contribution < 1.29 is 9.13 Å². The monoisotopic (exact) mass is 265 g/mol. The van der Waals surface area contributed by atoms with Crippen LogP contribution in [0.2, 0.25) is 0 Å². The van der Waals surface area contributed by atoms with Crippen LogP contribution in [-0.2, 0) is 10.3 Å². The van der Waals surface area contributed by atoms with E-state index >= 15 is 0 Å². The van der Waals surface area contributed by atoms with Gasteiger partial charge in [0.2, 0.25) is 0 Å². The summed E-state index contributed by atoms with van der Waals surface area (Å²) >= 11 is 5.17. The molecule has 0 spiro atoms. The van der Waals surface area contributed by atoms with Gasteiger partial charge >= 0.3 is 0 Å². The molecule has 2 N–H and O–H groups in total. The molecule has 2 unspecified atom stereocenters. The van der Waals surface area contributed by atoms with E-state index in [1.54, 1.807) is 6.07 Å². The van der Waals surface area contributed by atoms with E-state index in [1.165, 1.54) is 12.1 Å². The Bertz CT molecular complexity index is 503. The average molecular weight is 265 g/mol. The largest absolute Gasteiger partial charge is 0.369 e. The molecule has 7 heteroatoms. The van der Waals surface area contributed by atoms with Crippen LogP contribution >= 0.6 is 12.2 Å². The Labute approximate surface area is 111 Å². The standard InChI is InChI=1S/C11H13BFN3OS/c12-9-11(17-9,5-16-10(18)14-6-15-16)7-2-1-3-8(13)4-7/h1-4,9,15H,5-6,12H2,(H,14,18). The summed E-state index contributed by atoms with van der Waals surface area (Å²) in [4.78, 5) is 0. The van der Waals surface area contributed by atoms with Crippen molar-refractivity contribution >= 4 is 25.2 Å². The Morgan fingerprint density at radius 1 is 1.61 bits per heavy atom. The number of rotatable bonds is 3. The number of hydrazine groups is 1. The molecule has 2 aliphatic rings. The maximum Gasteiger partial charge on any atom is 0.184 e. The van der Waals surface area contributed by atoms with Gasteiger partial charge in [-0.25, -0.2) is 9.82 Å². The number of nitrogens with one attached hydrogen (secondary N) is 2. The van der Waals surface area contributed by atoms with Crippen molar-refractivity contribution in [2.45, 2.75) is 11.6 Å². The van der Waals surface area contributed by atoms with Gasteiger partial charge in [0.25, 0.3) is 0 Å². The third-order valence-corrected chi connectivity index (χ3v) is 3.81. The highest BCUT2D eigenvalue weighted by atomic mass is 32.1. The van der Waals surface area contributed by atoms with Gasteiger partial charge in [-0.05, 0) is 29.9 Å². The quantitative estimate of drug-likeness (QED) is 0.444. The molecule has 4 nitrogen and oxygen atoms in total. The van der Waals surface area contributed by atoms with E-state index in [1.807, 2.05) is 18.9 Å². The van der Waals surface area contributed by atoms with Gasteiger partial charge in [-0.3, -0.25) is 5.01 Å². The molecule has 0 bridgehead atoms. The smallest absolute Gasteiger partial charge is 0.184 e. The molecule has 2 saturated heterocycles. The molecule has 94 valence electrons. The zero-order valence-corrected chi connectivity index (χ0v) is 10.8. The highest BCUT2D eigenvalue weighted by Gasteiger charge is 2.56. The third kappa shape index (κ3) is 1.88. The first-order chi connectivity index (χ1) is 8.62. The molecule has 2 heterocycles. The molecule has 0 radical (unpaired) electrons. The molecule has 3 rings (SSSR count). The number of hydrogen-bond donors (Lipinski definition) is 2. The molecule has 2 aliphatic heterocycles. The van der Waals surface area contributed by atoms with E-state index in [0.29, 0.717) is 18.3 Å². The summed E-state index contributed by atoms with van der Waals surface area (Å²) < 4.78 is 19.0. The van der Waals surface area contributed by atoms with Crippen LogP contribution in [0.1, 0.15) is 5.56 Å². The second-order valence-electron chi connectivity index (χ2n) is 4.56. The minimum absolute atomic E-state index is 0.0597. The predicted octanol–water partition coefficient (Wildman–Crippen LogP) is -0.337. The highest BCUT2D eigenvalue weighted by molar-refractivity contribution is 7.80. The Balaban J connectivity index is 1.85. The van der Waals surface area contributed by atoms with Gasteiger partial charge in [-0.1, -0.05) is 12.1 Å². The fourth-order valence-electron chi connectivity index (χ4n) is 2.33. The van der Waals surface area contributed by atoms with Crippen molar-refractivity contribution in [3.05, 3.63) is 35.6 Å². The van der Waals surface area contributed by atoms with Crippen LogP contribution in [0.5, 0.6) is 0 Å². The van der Waals surface area contributed by atoms with Gasteiger partial charge in [0.05, 0.1) is 19.2 Å². The Hall–Kier alpha value is -1.18. The number of halogens is 1. The fraction of sp³-hybridized carbons (Fsp3) is 0.364. The Morgan fingerprint density at radius 3 is 2.94 bits per heavy atom. The van der Waals surface area contributed by atoms with Crippen LogP contribution in [0.15, 0.2) is 24.3 Å². The van der Waals surface area contributed by atoms with E-state index in [9.17, 15) is 4.39 Å². The topological polar surface area (TPSA) is 39.8 Å². The van der Waals surface area contributed by atoms with Gasteiger partial charge in [-0.15, -0.1) is 0 Å². The molecule has 1 aromatic carbocycles. The zero-order valence-electron chi connectivity index (χ0n) is 9.94. The zero-order chi connectivity index (χ0) is 12.8. The lowest BCUT2D eigenvalue weighted by Gasteiger charge is -2.22. The van der Waals surface area contributed by atoms with Crippen molar-refractivity contribution in [2.75, 3.05) is 13.2 Å². The third-order valence-electron chi connectivity index (χ3n) is 3.45. The maximum atomic E-state index is 13.3. The van der Waals surface area contributed by atoms with Crippen molar-refractivity contribution in [1.82, 2.24) is 15.8 Å². The summed E-state index contributed by atoms with van der Waals surface area (Å²) in [6.45, 7) is 1.19. The summed E-state index contributed by atoms with van der Waals surface area (Å²) in [5, 5.41) is 5.50. The molecular weight excluding hydrogens is 252 g/mol. The first-order valence-electron chi connectivity index (χ1n) is 5.84. The minimum Gasteiger partial charge on any atom is -0.369 e. The lowest BCUT2D eigenvalue weighted by atomic mass is 9.85. The first-order valence-corrected chi connectivity index (χ1v) is 6.25. The average Bonchev–Trinajstić information content (AvgIpc) is 2.82. The summed E-state index contributed by atoms with van der Waals surface area (Å²) in [6, 6.07) is 6.61. The van der Waals surface area contributed by atoms with Gasteiger partial charge in [-0.2, -0.15) is 0 Å². The van der Waals surface area contributed by atoms with Crippen LogP contribution in [0.25, 0.3) is 0 Å². The van der Waals surface area contributed by atoms with Gasteiger partial charge < -0.3 is 10.1 Å². The van der Waals surface area contributed by atoms with E-state index in [2.05, 4.69) is 10.7 Å². The van der Waals surface area contributed by atoms with Crippen LogP contribution < -0.4 is 10.7 Å². The van der Waals surface area contributed by atoms with E-state index in [4.69, 9.17) is 17.0 Å². The summed E-state index contributed by atoms with van der Waals surface area (Å²) in [5.74, 6) is -0.246.